The average molecular weight is 231 g/mol. The maximum atomic E-state index is 13.1. The monoisotopic (exact) mass is 230 g/mol. The van der Waals surface area contributed by atoms with E-state index in [2.05, 4.69) is 4.98 Å². The van der Waals surface area contributed by atoms with Gasteiger partial charge in [-0.25, -0.2) is 13.8 Å². The number of hydrogen-bond donors (Lipinski definition) is 0. The molecule has 2 aromatic rings. The fraction of sp³-hybridized carbons (Fsp3) is 0.300. The van der Waals surface area contributed by atoms with Gasteiger partial charge >= 0.3 is 0 Å². The van der Waals surface area contributed by atoms with Crippen LogP contribution in [0, 0.1) is 6.92 Å². The summed E-state index contributed by atoms with van der Waals surface area (Å²) in [5, 5.41) is 0.238. The van der Waals surface area contributed by atoms with Crippen LogP contribution in [0.15, 0.2) is 18.5 Å². The first-order chi connectivity index (χ1) is 6.89. The van der Waals surface area contributed by atoms with Crippen LogP contribution in [0.1, 0.15) is 18.2 Å². The third kappa shape index (κ3) is 1.69. The summed E-state index contributed by atoms with van der Waals surface area (Å²) in [6, 6.07) is 1.25. The van der Waals surface area contributed by atoms with Crippen molar-refractivity contribution < 1.29 is 8.78 Å². The highest BCUT2D eigenvalue weighted by atomic mass is 35.5. The summed E-state index contributed by atoms with van der Waals surface area (Å²) >= 11 is 5.86. The van der Waals surface area contributed by atoms with Crippen LogP contribution in [-0.4, -0.2) is 9.38 Å². The molecule has 0 atom stereocenters. The lowest BCUT2D eigenvalue weighted by molar-refractivity contribution is 0.0170. The minimum absolute atomic E-state index is 0.110. The van der Waals surface area contributed by atoms with Crippen LogP contribution in [0.2, 0.25) is 5.02 Å². The number of alkyl halides is 2. The van der Waals surface area contributed by atoms with Gasteiger partial charge in [-0.05, 0) is 13.0 Å². The zero-order valence-corrected chi connectivity index (χ0v) is 9.02. The number of fused-ring (bicyclic) bond motifs is 1. The Morgan fingerprint density at radius 2 is 2.13 bits per heavy atom. The fourth-order valence-corrected chi connectivity index (χ4v) is 1.66. The number of aryl methyl sites for hydroxylation is 1. The van der Waals surface area contributed by atoms with Crippen molar-refractivity contribution in [1.29, 1.82) is 0 Å². The van der Waals surface area contributed by atoms with Gasteiger partial charge in [0.15, 0.2) is 5.65 Å². The smallest absolute Gasteiger partial charge is 0.271 e. The van der Waals surface area contributed by atoms with Crippen molar-refractivity contribution in [3.8, 4) is 0 Å². The molecule has 0 aliphatic rings. The van der Waals surface area contributed by atoms with E-state index < -0.39 is 5.92 Å². The highest BCUT2D eigenvalue weighted by Gasteiger charge is 2.26. The topological polar surface area (TPSA) is 17.3 Å². The van der Waals surface area contributed by atoms with Crippen LogP contribution in [0.25, 0.3) is 5.65 Å². The number of pyridine rings is 1. The zero-order valence-electron chi connectivity index (χ0n) is 8.26. The average Bonchev–Trinajstić information content (AvgIpc) is 2.47. The van der Waals surface area contributed by atoms with Crippen molar-refractivity contribution in [3.63, 3.8) is 0 Å². The zero-order chi connectivity index (χ0) is 11.2. The lowest BCUT2D eigenvalue weighted by Crippen LogP contribution is -2.08. The lowest BCUT2D eigenvalue weighted by atomic mass is 10.2. The molecule has 2 rings (SSSR count). The van der Waals surface area contributed by atoms with E-state index in [0.29, 0.717) is 5.65 Å². The molecule has 0 bridgehead atoms. The van der Waals surface area contributed by atoms with Crippen LogP contribution in [0.4, 0.5) is 8.78 Å². The Labute approximate surface area is 90.5 Å². The van der Waals surface area contributed by atoms with E-state index in [1.165, 1.54) is 12.3 Å². The molecule has 0 aliphatic carbocycles. The van der Waals surface area contributed by atoms with E-state index in [0.717, 1.165) is 12.6 Å². The number of aromatic nitrogens is 2. The third-order valence-corrected chi connectivity index (χ3v) is 2.53. The standard InChI is InChI=1S/C10H9ClF2N2/c1-6-4-14-9-8(11)3-7(5-15(6)9)10(2,12)13/h3-5H,1-2H3. The summed E-state index contributed by atoms with van der Waals surface area (Å²) in [5.74, 6) is -2.89. The Hall–Kier alpha value is -1.16. The van der Waals surface area contributed by atoms with E-state index in [1.54, 1.807) is 17.5 Å². The Bertz CT molecular complexity index is 514. The second-order valence-corrected chi connectivity index (χ2v) is 3.97. The molecule has 0 fully saturated rings. The van der Waals surface area contributed by atoms with Crippen molar-refractivity contribution in [2.45, 2.75) is 19.8 Å². The maximum Gasteiger partial charge on any atom is 0.271 e. The number of rotatable bonds is 1. The summed E-state index contributed by atoms with van der Waals surface area (Å²) in [6.07, 6.45) is 2.96. The largest absolute Gasteiger partial charge is 0.303 e. The van der Waals surface area contributed by atoms with Gasteiger partial charge in [0.25, 0.3) is 5.92 Å². The minimum atomic E-state index is -2.89. The van der Waals surface area contributed by atoms with Crippen molar-refractivity contribution in [2.75, 3.05) is 0 Å². The molecule has 15 heavy (non-hydrogen) atoms. The quantitative estimate of drug-likeness (QED) is 0.734. The molecule has 80 valence electrons. The summed E-state index contributed by atoms with van der Waals surface area (Å²) < 4.78 is 27.8. The molecular weight excluding hydrogens is 222 g/mol. The molecule has 0 N–H and O–H groups in total. The molecule has 0 spiro atoms. The predicted molar refractivity (Wildman–Crippen MR) is 54.5 cm³/mol. The third-order valence-electron chi connectivity index (χ3n) is 2.25. The van der Waals surface area contributed by atoms with Crippen molar-refractivity contribution >= 4 is 17.2 Å². The molecule has 0 radical (unpaired) electrons. The summed E-state index contributed by atoms with van der Waals surface area (Å²) in [7, 11) is 0. The van der Waals surface area contributed by atoms with Gasteiger partial charge in [0.1, 0.15) is 0 Å². The Morgan fingerprint density at radius 1 is 1.47 bits per heavy atom. The number of halogens is 3. The van der Waals surface area contributed by atoms with Gasteiger partial charge in [-0.1, -0.05) is 11.6 Å². The van der Waals surface area contributed by atoms with Crippen molar-refractivity contribution in [1.82, 2.24) is 9.38 Å². The SMILES string of the molecule is Cc1cnc2c(Cl)cc(C(C)(F)F)cn12. The predicted octanol–water partition coefficient (Wildman–Crippen LogP) is 3.41. The second kappa shape index (κ2) is 3.17. The first-order valence-electron chi connectivity index (χ1n) is 4.41. The molecule has 5 heteroatoms. The molecule has 0 aromatic carbocycles. The first kappa shape index (κ1) is 10.4. The molecule has 2 heterocycles. The second-order valence-electron chi connectivity index (χ2n) is 3.56. The normalized spacial score (nSPS) is 12.3. The molecule has 0 amide bonds. The summed E-state index contributed by atoms with van der Waals surface area (Å²) in [5.41, 5.74) is 1.17. The summed E-state index contributed by atoms with van der Waals surface area (Å²) in [4.78, 5) is 4.03. The molecule has 0 unspecified atom stereocenters. The van der Waals surface area contributed by atoms with Gasteiger partial charge in [-0.15, -0.1) is 0 Å². The van der Waals surface area contributed by atoms with Crippen LogP contribution in [0.5, 0.6) is 0 Å². The van der Waals surface area contributed by atoms with Gasteiger partial charge in [-0.3, -0.25) is 0 Å². The van der Waals surface area contributed by atoms with Gasteiger partial charge in [0, 0.05) is 30.6 Å². The Morgan fingerprint density at radius 3 is 2.73 bits per heavy atom. The van der Waals surface area contributed by atoms with Gasteiger partial charge in [0.05, 0.1) is 5.02 Å². The minimum Gasteiger partial charge on any atom is -0.303 e. The molecule has 0 saturated carbocycles. The first-order valence-corrected chi connectivity index (χ1v) is 4.79. The fourth-order valence-electron chi connectivity index (χ4n) is 1.40. The molecule has 0 aliphatic heterocycles. The van der Waals surface area contributed by atoms with Crippen LogP contribution in [0.3, 0.4) is 0 Å². The van der Waals surface area contributed by atoms with E-state index in [9.17, 15) is 8.78 Å². The number of nitrogens with zero attached hydrogens (tertiary/aromatic N) is 2. The van der Waals surface area contributed by atoms with Gasteiger partial charge < -0.3 is 4.40 Å². The van der Waals surface area contributed by atoms with Crippen molar-refractivity contribution in [3.05, 3.63) is 34.7 Å². The maximum absolute atomic E-state index is 13.1. The van der Waals surface area contributed by atoms with E-state index in [1.807, 2.05) is 0 Å². The highest BCUT2D eigenvalue weighted by molar-refractivity contribution is 6.33. The van der Waals surface area contributed by atoms with Crippen LogP contribution < -0.4 is 0 Å². The number of imidazole rings is 1. The van der Waals surface area contributed by atoms with Gasteiger partial charge in [0.2, 0.25) is 0 Å². The Balaban J connectivity index is 2.76. The van der Waals surface area contributed by atoms with E-state index in [-0.39, 0.29) is 10.6 Å². The van der Waals surface area contributed by atoms with Gasteiger partial charge in [-0.2, -0.15) is 0 Å². The van der Waals surface area contributed by atoms with Crippen molar-refractivity contribution in [2.24, 2.45) is 0 Å². The molecule has 0 saturated heterocycles. The number of hydrogen-bond acceptors (Lipinski definition) is 1. The lowest BCUT2D eigenvalue weighted by Gasteiger charge is -2.11. The molecule has 2 nitrogen and oxygen atoms in total. The van der Waals surface area contributed by atoms with Crippen LogP contribution >= 0.6 is 11.6 Å². The Kier molecular flexibility index (Phi) is 2.19. The van der Waals surface area contributed by atoms with E-state index >= 15 is 0 Å². The molecule has 2 aromatic heterocycles. The molecular formula is C10H9ClF2N2. The highest BCUT2D eigenvalue weighted by Crippen LogP contribution is 2.30. The summed E-state index contributed by atoms with van der Waals surface area (Å²) in [6.45, 7) is 2.63. The van der Waals surface area contributed by atoms with E-state index in [4.69, 9.17) is 11.6 Å². The van der Waals surface area contributed by atoms with Crippen LogP contribution in [-0.2, 0) is 5.92 Å².